The molecule has 1 saturated heterocycles. The summed E-state index contributed by atoms with van der Waals surface area (Å²) in [5.41, 5.74) is 3.28. The van der Waals surface area contributed by atoms with Crippen LogP contribution in [-0.4, -0.2) is 57.9 Å². The van der Waals surface area contributed by atoms with Crippen LogP contribution in [-0.2, 0) is 13.6 Å². The Hall–Kier alpha value is -3.32. The van der Waals surface area contributed by atoms with E-state index >= 15 is 0 Å². The van der Waals surface area contributed by atoms with Gasteiger partial charge in [-0.15, -0.1) is 0 Å². The van der Waals surface area contributed by atoms with Crippen molar-refractivity contribution in [2.24, 2.45) is 7.05 Å². The molecule has 2 aliphatic rings. The molecule has 2 amide bonds. The van der Waals surface area contributed by atoms with Crippen LogP contribution in [0, 0.1) is 0 Å². The summed E-state index contributed by atoms with van der Waals surface area (Å²) in [6.45, 7) is 3.42. The quantitative estimate of drug-likeness (QED) is 0.709. The van der Waals surface area contributed by atoms with Gasteiger partial charge in [0.1, 0.15) is 12.4 Å². The predicted molar refractivity (Wildman–Crippen MR) is 118 cm³/mol. The van der Waals surface area contributed by atoms with Gasteiger partial charge in [0.2, 0.25) is 0 Å². The number of likely N-dealkylation sites (tertiary alicyclic amines) is 1. The maximum Gasteiger partial charge on any atom is 0.318 e. The second-order valence-electron chi connectivity index (χ2n) is 8.13. The van der Waals surface area contributed by atoms with Crippen molar-refractivity contribution in [2.75, 3.05) is 26.2 Å². The van der Waals surface area contributed by atoms with Crippen molar-refractivity contribution < 1.29 is 9.53 Å². The van der Waals surface area contributed by atoms with E-state index in [0.717, 1.165) is 36.5 Å². The third-order valence-corrected chi connectivity index (χ3v) is 6.12. The Morgan fingerprint density at radius 2 is 1.84 bits per heavy atom. The number of benzene rings is 2. The van der Waals surface area contributed by atoms with Crippen LogP contribution in [0.3, 0.4) is 0 Å². The van der Waals surface area contributed by atoms with E-state index < -0.39 is 0 Å². The molecular formula is C24H27N5O2. The minimum absolute atomic E-state index is 0.0423. The SMILES string of the molecule is Cn1nccc1CN1CC(N2C(=O)NCCOc3ccccc3C2c2ccccc2)C1. The zero-order chi connectivity index (χ0) is 21.2. The van der Waals surface area contributed by atoms with Gasteiger partial charge >= 0.3 is 6.03 Å². The van der Waals surface area contributed by atoms with Crippen LogP contribution in [0.5, 0.6) is 5.75 Å². The number of hydrogen-bond donors (Lipinski definition) is 1. The van der Waals surface area contributed by atoms with E-state index in [9.17, 15) is 4.79 Å². The number of urea groups is 1. The summed E-state index contributed by atoms with van der Waals surface area (Å²) in [7, 11) is 1.96. The summed E-state index contributed by atoms with van der Waals surface area (Å²) < 4.78 is 7.93. The Kier molecular flexibility index (Phi) is 5.34. The minimum Gasteiger partial charge on any atom is -0.491 e. The molecule has 2 aromatic carbocycles. The fourth-order valence-electron chi connectivity index (χ4n) is 4.50. The van der Waals surface area contributed by atoms with E-state index in [-0.39, 0.29) is 18.1 Å². The number of hydrogen-bond acceptors (Lipinski definition) is 4. The highest BCUT2D eigenvalue weighted by molar-refractivity contribution is 5.76. The van der Waals surface area contributed by atoms with Gasteiger partial charge in [0.25, 0.3) is 0 Å². The van der Waals surface area contributed by atoms with Gasteiger partial charge < -0.3 is 15.0 Å². The second kappa shape index (κ2) is 8.43. The van der Waals surface area contributed by atoms with Gasteiger partial charge in [-0.2, -0.15) is 5.10 Å². The molecule has 1 atom stereocenters. The summed E-state index contributed by atoms with van der Waals surface area (Å²) in [4.78, 5) is 17.7. The van der Waals surface area contributed by atoms with Crippen LogP contribution in [0.1, 0.15) is 22.9 Å². The smallest absolute Gasteiger partial charge is 0.318 e. The van der Waals surface area contributed by atoms with Crippen LogP contribution in [0.2, 0.25) is 0 Å². The van der Waals surface area contributed by atoms with Crippen molar-refractivity contribution in [3.8, 4) is 5.75 Å². The van der Waals surface area contributed by atoms with E-state index in [1.165, 1.54) is 5.69 Å². The number of fused-ring (bicyclic) bond motifs is 1. The Balaban J connectivity index is 1.47. The Labute approximate surface area is 182 Å². The number of ether oxygens (including phenoxy) is 1. The molecule has 7 nitrogen and oxygen atoms in total. The first-order valence-corrected chi connectivity index (χ1v) is 10.7. The molecule has 160 valence electrons. The Morgan fingerprint density at radius 3 is 2.61 bits per heavy atom. The monoisotopic (exact) mass is 417 g/mol. The number of nitrogens with zero attached hydrogens (tertiary/aromatic N) is 4. The number of nitrogens with one attached hydrogen (secondary N) is 1. The number of carbonyl (C=O) groups is 1. The Morgan fingerprint density at radius 1 is 1.06 bits per heavy atom. The number of carbonyl (C=O) groups excluding carboxylic acids is 1. The van der Waals surface area contributed by atoms with Crippen LogP contribution < -0.4 is 10.1 Å². The summed E-state index contributed by atoms with van der Waals surface area (Å²) in [5.74, 6) is 0.837. The molecule has 0 bridgehead atoms. The van der Waals surface area contributed by atoms with E-state index in [2.05, 4.69) is 33.5 Å². The van der Waals surface area contributed by atoms with E-state index in [1.54, 1.807) is 0 Å². The molecule has 7 heteroatoms. The van der Waals surface area contributed by atoms with E-state index in [4.69, 9.17) is 4.74 Å². The maximum atomic E-state index is 13.4. The largest absolute Gasteiger partial charge is 0.491 e. The first kappa shape index (κ1) is 19.6. The Bertz CT molecular complexity index is 1040. The third-order valence-electron chi connectivity index (χ3n) is 6.12. The first-order chi connectivity index (χ1) is 15.2. The molecule has 1 fully saturated rings. The topological polar surface area (TPSA) is 62.6 Å². The minimum atomic E-state index is -0.209. The lowest BCUT2D eigenvalue weighted by atomic mass is 9.93. The van der Waals surface area contributed by atoms with Gasteiger partial charge in [0.15, 0.2) is 0 Å². The summed E-state index contributed by atoms with van der Waals surface area (Å²) in [6.07, 6.45) is 1.82. The lowest BCUT2D eigenvalue weighted by Gasteiger charge is -2.48. The first-order valence-electron chi connectivity index (χ1n) is 10.7. The number of para-hydroxylation sites is 1. The highest BCUT2D eigenvalue weighted by Gasteiger charge is 2.41. The molecule has 5 rings (SSSR count). The van der Waals surface area contributed by atoms with Gasteiger partial charge in [0, 0.05) is 38.4 Å². The molecule has 1 aromatic heterocycles. The van der Waals surface area contributed by atoms with Crippen LogP contribution in [0.25, 0.3) is 0 Å². The number of aromatic nitrogens is 2. The molecule has 0 saturated carbocycles. The molecule has 0 aliphatic carbocycles. The molecule has 3 heterocycles. The van der Waals surface area contributed by atoms with E-state index in [0.29, 0.717) is 13.2 Å². The van der Waals surface area contributed by atoms with Crippen molar-refractivity contribution in [1.29, 1.82) is 0 Å². The third kappa shape index (κ3) is 3.88. The van der Waals surface area contributed by atoms with Crippen LogP contribution in [0.4, 0.5) is 4.79 Å². The van der Waals surface area contributed by atoms with Crippen molar-refractivity contribution in [1.82, 2.24) is 24.9 Å². The number of amides is 2. The van der Waals surface area contributed by atoms with Crippen molar-refractivity contribution in [2.45, 2.75) is 18.6 Å². The van der Waals surface area contributed by atoms with Gasteiger partial charge in [-0.25, -0.2) is 4.79 Å². The summed E-state index contributed by atoms with van der Waals surface area (Å²) in [5, 5.41) is 7.32. The average Bonchev–Trinajstić information content (AvgIpc) is 3.19. The molecule has 1 unspecified atom stereocenters. The van der Waals surface area contributed by atoms with Gasteiger partial charge in [-0.3, -0.25) is 9.58 Å². The van der Waals surface area contributed by atoms with Gasteiger partial charge in [-0.1, -0.05) is 48.5 Å². The molecule has 31 heavy (non-hydrogen) atoms. The lowest BCUT2D eigenvalue weighted by molar-refractivity contribution is 0.0333. The second-order valence-corrected chi connectivity index (χ2v) is 8.13. The van der Waals surface area contributed by atoms with Crippen molar-refractivity contribution in [3.05, 3.63) is 83.7 Å². The molecule has 1 N–H and O–H groups in total. The van der Waals surface area contributed by atoms with E-state index in [1.807, 2.05) is 65.3 Å². The predicted octanol–water partition coefficient (Wildman–Crippen LogP) is 2.80. The van der Waals surface area contributed by atoms with Gasteiger partial charge in [-0.05, 0) is 17.7 Å². The van der Waals surface area contributed by atoms with Crippen molar-refractivity contribution >= 4 is 6.03 Å². The fraction of sp³-hybridized carbons (Fsp3) is 0.333. The lowest BCUT2D eigenvalue weighted by Crippen LogP contribution is -2.62. The zero-order valence-electron chi connectivity index (χ0n) is 17.6. The maximum absolute atomic E-state index is 13.4. The summed E-state index contributed by atoms with van der Waals surface area (Å²) >= 11 is 0. The van der Waals surface area contributed by atoms with Crippen molar-refractivity contribution in [3.63, 3.8) is 0 Å². The molecule has 3 aromatic rings. The summed E-state index contributed by atoms with van der Waals surface area (Å²) in [6, 6.07) is 20.2. The molecular weight excluding hydrogens is 390 g/mol. The average molecular weight is 418 g/mol. The zero-order valence-corrected chi connectivity index (χ0v) is 17.6. The highest BCUT2D eigenvalue weighted by atomic mass is 16.5. The molecule has 0 radical (unpaired) electrons. The molecule has 2 aliphatic heterocycles. The molecule has 0 spiro atoms. The fourth-order valence-corrected chi connectivity index (χ4v) is 4.50. The standard InChI is InChI=1S/C24H27N5O2/c1-27-19(11-12-26-27)15-28-16-20(17-28)29-23(18-7-3-2-4-8-18)21-9-5-6-10-22(21)31-14-13-25-24(29)30/h2-12,20,23H,13-17H2,1H3,(H,25,30). The normalized spacial score (nSPS) is 20.0. The number of rotatable bonds is 4. The van der Waals surface area contributed by atoms with Crippen LogP contribution >= 0.6 is 0 Å². The number of aryl methyl sites for hydroxylation is 1. The highest BCUT2D eigenvalue weighted by Crippen LogP contribution is 2.38. The van der Waals surface area contributed by atoms with Gasteiger partial charge in [0.05, 0.1) is 24.3 Å². The van der Waals surface area contributed by atoms with Crippen LogP contribution in [0.15, 0.2) is 66.9 Å².